The third kappa shape index (κ3) is 6.11. The van der Waals surface area contributed by atoms with E-state index in [4.69, 9.17) is 9.52 Å². The van der Waals surface area contributed by atoms with Crippen molar-refractivity contribution in [2.75, 3.05) is 14.2 Å². The van der Waals surface area contributed by atoms with Crippen molar-refractivity contribution >= 4 is 17.0 Å². The molecule has 0 bridgehead atoms. The van der Waals surface area contributed by atoms with Crippen LogP contribution in [0.4, 0.5) is 13.2 Å². The summed E-state index contributed by atoms with van der Waals surface area (Å²) in [6.45, 7) is 0. The van der Waals surface area contributed by atoms with E-state index in [2.05, 4.69) is 10.0 Å². The summed E-state index contributed by atoms with van der Waals surface area (Å²) in [5.41, 5.74) is 2.04. The summed E-state index contributed by atoms with van der Waals surface area (Å²) >= 11 is 0. The zero-order valence-electron chi connectivity index (χ0n) is 17.9. The number of rotatable bonds is 7. The minimum absolute atomic E-state index is 0.0260. The van der Waals surface area contributed by atoms with Gasteiger partial charge < -0.3 is 10.1 Å². The molecule has 2 aromatic carbocycles. The highest BCUT2D eigenvalue weighted by Gasteiger charge is 2.18. The standard InChI is InChI=1S/C24H26F3N3OS/c1-29-15-23-18(12-17-13-21(25)24(27)22(26)14-17)8-9-19(30-32(23)28)5-3-4-16-6-10-20(31-2)11-7-16/h6-15,19,29H,3-5H2,1-2H3,(H2,28,30)/b18-12+,23-15?. The third-order valence-electron chi connectivity index (χ3n) is 5.03. The Morgan fingerprint density at radius 2 is 1.84 bits per heavy atom. The lowest BCUT2D eigenvalue weighted by Crippen LogP contribution is -2.28. The van der Waals surface area contributed by atoms with Crippen LogP contribution < -0.4 is 14.8 Å². The van der Waals surface area contributed by atoms with Crippen LogP contribution in [0.3, 0.4) is 0 Å². The van der Waals surface area contributed by atoms with Gasteiger partial charge in [0.1, 0.15) is 5.75 Å². The molecule has 170 valence electrons. The number of ether oxygens (including phenoxy) is 1. The summed E-state index contributed by atoms with van der Waals surface area (Å²) in [6, 6.07) is 9.83. The predicted octanol–water partition coefficient (Wildman–Crippen LogP) is 5.40. The molecule has 2 atom stereocenters. The number of halogens is 3. The number of hydrogen-bond donors (Lipinski definition) is 3. The molecule has 1 aliphatic heterocycles. The van der Waals surface area contributed by atoms with Gasteiger partial charge in [0.25, 0.3) is 0 Å². The van der Waals surface area contributed by atoms with E-state index in [1.807, 2.05) is 36.4 Å². The molecular formula is C24H26F3N3OS. The number of allylic oxidation sites excluding steroid dienone is 2. The van der Waals surface area contributed by atoms with Crippen molar-refractivity contribution in [3.63, 3.8) is 0 Å². The zero-order chi connectivity index (χ0) is 23.1. The van der Waals surface area contributed by atoms with Crippen LogP contribution in [0, 0.1) is 22.2 Å². The maximum Gasteiger partial charge on any atom is 0.194 e. The van der Waals surface area contributed by atoms with E-state index in [1.165, 1.54) is 5.56 Å². The molecule has 0 saturated carbocycles. The lowest BCUT2D eigenvalue weighted by Gasteiger charge is -2.15. The molecule has 8 heteroatoms. The number of hydrogen-bond acceptors (Lipinski definition) is 3. The monoisotopic (exact) mass is 461 g/mol. The molecule has 32 heavy (non-hydrogen) atoms. The number of methoxy groups -OCH3 is 1. The van der Waals surface area contributed by atoms with E-state index in [1.54, 1.807) is 26.4 Å². The zero-order valence-corrected chi connectivity index (χ0v) is 18.7. The van der Waals surface area contributed by atoms with E-state index in [9.17, 15) is 13.2 Å². The topological polar surface area (TPSA) is 57.1 Å². The molecule has 0 spiro atoms. The lowest BCUT2D eigenvalue weighted by atomic mass is 10.0. The Kier molecular flexibility index (Phi) is 8.30. The van der Waals surface area contributed by atoms with Gasteiger partial charge in [0.05, 0.1) is 12.0 Å². The fraction of sp³-hybridized carbons (Fsp3) is 0.250. The predicted molar refractivity (Wildman–Crippen MR) is 124 cm³/mol. The molecule has 0 aliphatic carbocycles. The van der Waals surface area contributed by atoms with Crippen LogP contribution in [0.25, 0.3) is 6.08 Å². The highest BCUT2D eigenvalue weighted by atomic mass is 32.2. The molecule has 1 heterocycles. The van der Waals surface area contributed by atoms with E-state index >= 15 is 0 Å². The first-order valence-corrected chi connectivity index (χ1v) is 11.4. The largest absolute Gasteiger partial charge is 0.497 e. The molecule has 0 saturated heterocycles. The summed E-state index contributed by atoms with van der Waals surface area (Å²) in [5, 5.41) is 2.92. The molecule has 0 amide bonds. The average Bonchev–Trinajstić information content (AvgIpc) is 2.92. The smallest absolute Gasteiger partial charge is 0.194 e. The Morgan fingerprint density at radius 3 is 2.47 bits per heavy atom. The van der Waals surface area contributed by atoms with E-state index in [0.717, 1.165) is 37.1 Å². The minimum atomic E-state index is -1.49. The molecular weight excluding hydrogens is 435 g/mol. The van der Waals surface area contributed by atoms with E-state index in [-0.39, 0.29) is 11.6 Å². The van der Waals surface area contributed by atoms with Crippen molar-refractivity contribution in [2.24, 2.45) is 0 Å². The quantitative estimate of drug-likeness (QED) is 0.484. The number of nitrogens with one attached hydrogen (secondary N) is 3. The average molecular weight is 462 g/mol. The van der Waals surface area contributed by atoms with E-state index < -0.39 is 28.3 Å². The Balaban J connectivity index is 1.76. The summed E-state index contributed by atoms with van der Waals surface area (Å²) < 4.78 is 57.6. The Labute approximate surface area is 188 Å². The first kappa shape index (κ1) is 23.8. The second-order valence-electron chi connectivity index (χ2n) is 7.33. The van der Waals surface area contributed by atoms with Crippen LogP contribution in [-0.4, -0.2) is 20.2 Å². The van der Waals surface area contributed by atoms with Crippen molar-refractivity contribution in [3.05, 3.63) is 93.8 Å². The van der Waals surface area contributed by atoms with Gasteiger partial charge in [0.15, 0.2) is 17.5 Å². The van der Waals surface area contributed by atoms with Crippen LogP contribution in [0.5, 0.6) is 5.75 Å². The van der Waals surface area contributed by atoms with Gasteiger partial charge in [-0.1, -0.05) is 24.3 Å². The van der Waals surface area contributed by atoms with Gasteiger partial charge >= 0.3 is 0 Å². The lowest BCUT2D eigenvalue weighted by molar-refractivity contribution is 0.414. The first-order valence-electron chi connectivity index (χ1n) is 10.2. The Morgan fingerprint density at radius 1 is 1.16 bits per heavy atom. The fourth-order valence-corrected chi connectivity index (χ4v) is 4.60. The normalized spacial score (nSPS) is 21.0. The van der Waals surface area contributed by atoms with Crippen LogP contribution >= 0.6 is 0 Å². The van der Waals surface area contributed by atoms with Crippen LogP contribution in [0.1, 0.15) is 24.0 Å². The summed E-state index contributed by atoms with van der Waals surface area (Å²) in [5.74, 6) is -3.15. The SMILES string of the molecule is CNC=C1/C(=C/c2cc(F)c(F)c(F)c2)C=CC(CCCc2ccc(OC)cc2)NS1=N. The molecule has 3 rings (SSSR count). The molecule has 0 radical (unpaired) electrons. The van der Waals surface area contributed by atoms with Gasteiger partial charge in [-0.3, -0.25) is 4.78 Å². The van der Waals surface area contributed by atoms with Crippen molar-refractivity contribution in [1.29, 1.82) is 4.78 Å². The molecule has 1 aliphatic rings. The number of benzene rings is 2. The molecule has 0 aromatic heterocycles. The second-order valence-corrected chi connectivity index (χ2v) is 8.61. The molecule has 4 nitrogen and oxygen atoms in total. The van der Waals surface area contributed by atoms with Gasteiger partial charge in [-0.25, -0.2) is 17.9 Å². The Hall–Kier alpha value is -2.84. The van der Waals surface area contributed by atoms with Gasteiger partial charge in [-0.2, -0.15) is 0 Å². The van der Waals surface area contributed by atoms with Crippen LogP contribution in [0.2, 0.25) is 0 Å². The van der Waals surface area contributed by atoms with Crippen molar-refractivity contribution in [1.82, 2.24) is 10.0 Å². The highest BCUT2D eigenvalue weighted by molar-refractivity contribution is 7.88. The van der Waals surface area contributed by atoms with Gasteiger partial charge in [0, 0.05) is 19.3 Å². The van der Waals surface area contributed by atoms with Gasteiger partial charge in [0.2, 0.25) is 0 Å². The first-order chi connectivity index (χ1) is 15.4. The highest BCUT2D eigenvalue weighted by Crippen LogP contribution is 2.25. The van der Waals surface area contributed by atoms with Gasteiger partial charge in [-0.15, -0.1) is 0 Å². The van der Waals surface area contributed by atoms with Crippen LogP contribution in [0.15, 0.2) is 65.2 Å². The molecule has 0 fully saturated rings. The molecule has 3 N–H and O–H groups in total. The third-order valence-corrected chi connectivity index (χ3v) is 6.36. The molecule has 2 unspecified atom stereocenters. The minimum Gasteiger partial charge on any atom is -0.497 e. The van der Waals surface area contributed by atoms with Crippen LogP contribution in [-0.2, 0) is 17.3 Å². The van der Waals surface area contributed by atoms with Crippen molar-refractivity contribution < 1.29 is 17.9 Å². The summed E-state index contributed by atoms with van der Waals surface area (Å²) in [7, 11) is 2.30. The second kappa shape index (κ2) is 11.2. The maximum absolute atomic E-state index is 13.6. The van der Waals surface area contributed by atoms with Crippen molar-refractivity contribution in [3.8, 4) is 5.75 Å². The fourth-order valence-electron chi connectivity index (χ4n) is 3.38. The maximum atomic E-state index is 13.6. The Bertz CT molecular complexity index is 1040. The van der Waals surface area contributed by atoms with Crippen molar-refractivity contribution in [2.45, 2.75) is 25.3 Å². The number of aryl methyl sites for hydroxylation is 1. The molecule has 2 aromatic rings. The van der Waals surface area contributed by atoms with E-state index in [0.29, 0.717) is 10.5 Å². The summed E-state index contributed by atoms with van der Waals surface area (Å²) in [6.07, 6.45) is 9.69. The van der Waals surface area contributed by atoms with Gasteiger partial charge in [-0.05, 0) is 77.2 Å². The summed E-state index contributed by atoms with van der Waals surface area (Å²) in [4.78, 5) is 0.645.